The molecule has 8 heteroatoms. The number of hydrazone groups is 1. The molecule has 0 unspecified atom stereocenters. The summed E-state index contributed by atoms with van der Waals surface area (Å²) in [6.45, 7) is 1.76. The molecule has 136 valence electrons. The number of furan rings is 1. The van der Waals surface area contributed by atoms with Gasteiger partial charge in [-0.05, 0) is 55.0 Å². The van der Waals surface area contributed by atoms with Crippen molar-refractivity contribution < 1.29 is 18.5 Å². The Bertz CT molecular complexity index is 1030. The highest BCUT2D eigenvalue weighted by atomic mass is 19.1. The van der Waals surface area contributed by atoms with Gasteiger partial charge in [0.05, 0.1) is 16.7 Å². The third-order valence-electron chi connectivity index (χ3n) is 3.71. The highest BCUT2D eigenvalue weighted by Gasteiger charge is 2.18. The first-order valence-electron chi connectivity index (χ1n) is 7.88. The van der Waals surface area contributed by atoms with E-state index in [1.165, 1.54) is 36.5 Å². The van der Waals surface area contributed by atoms with Crippen LogP contribution < -0.4 is 5.43 Å². The van der Waals surface area contributed by atoms with E-state index in [-0.39, 0.29) is 11.3 Å². The number of halogens is 1. The first kappa shape index (κ1) is 18.0. The summed E-state index contributed by atoms with van der Waals surface area (Å²) in [5, 5.41) is 15.0. The van der Waals surface area contributed by atoms with Gasteiger partial charge in [-0.2, -0.15) is 5.10 Å². The Balaban J connectivity index is 1.73. The van der Waals surface area contributed by atoms with Crippen LogP contribution >= 0.6 is 0 Å². The van der Waals surface area contributed by atoms with Crippen molar-refractivity contribution in [2.75, 3.05) is 0 Å². The number of nitrogens with zero attached hydrogens (tertiary/aromatic N) is 2. The minimum absolute atomic E-state index is 0.0579. The van der Waals surface area contributed by atoms with Gasteiger partial charge in [-0.1, -0.05) is 6.07 Å². The third kappa shape index (κ3) is 4.24. The highest BCUT2D eigenvalue weighted by molar-refractivity contribution is 5.94. The topological polar surface area (TPSA) is 97.7 Å². The number of aryl methyl sites for hydroxylation is 1. The average Bonchev–Trinajstić information content (AvgIpc) is 3.10. The summed E-state index contributed by atoms with van der Waals surface area (Å²) < 4.78 is 18.4. The Morgan fingerprint density at radius 2 is 1.93 bits per heavy atom. The minimum atomic E-state index is -0.507. The fourth-order valence-electron chi connectivity index (χ4n) is 2.39. The normalized spacial score (nSPS) is 10.9. The summed E-state index contributed by atoms with van der Waals surface area (Å²) in [4.78, 5) is 22.6. The molecule has 27 heavy (non-hydrogen) atoms. The van der Waals surface area contributed by atoms with Gasteiger partial charge in [0.1, 0.15) is 17.3 Å². The Labute approximate surface area is 153 Å². The standard InChI is InChI=1S/C19H14FN3O4/c1-12-2-8-16(17(10-12)23(25)26)18-9-7-15(27-18)11-21-22-19(24)13-3-5-14(20)6-4-13/h2-11H,1H3,(H,22,24)/b21-11-. The lowest BCUT2D eigenvalue weighted by atomic mass is 10.1. The van der Waals surface area contributed by atoms with E-state index in [0.29, 0.717) is 17.1 Å². The minimum Gasteiger partial charge on any atom is -0.455 e. The second kappa shape index (κ2) is 7.61. The van der Waals surface area contributed by atoms with Crippen LogP contribution in [0.5, 0.6) is 0 Å². The van der Waals surface area contributed by atoms with E-state index in [4.69, 9.17) is 4.42 Å². The molecule has 7 nitrogen and oxygen atoms in total. The lowest BCUT2D eigenvalue weighted by Gasteiger charge is -2.01. The molecule has 0 bridgehead atoms. The number of nitrogens with one attached hydrogen (secondary N) is 1. The third-order valence-corrected chi connectivity index (χ3v) is 3.71. The van der Waals surface area contributed by atoms with E-state index >= 15 is 0 Å². The van der Waals surface area contributed by atoms with Crippen LogP contribution in [0.2, 0.25) is 0 Å². The smallest absolute Gasteiger partial charge is 0.280 e. The first-order chi connectivity index (χ1) is 12.9. The molecule has 1 N–H and O–H groups in total. The molecular weight excluding hydrogens is 353 g/mol. The second-order valence-corrected chi connectivity index (χ2v) is 5.69. The fourth-order valence-corrected chi connectivity index (χ4v) is 2.39. The van der Waals surface area contributed by atoms with Crippen LogP contribution in [0.3, 0.4) is 0 Å². The molecule has 0 fully saturated rings. The summed E-state index contributed by atoms with van der Waals surface area (Å²) >= 11 is 0. The van der Waals surface area contributed by atoms with Crippen molar-refractivity contribution in [2.24, 2.45) is 5.10 Å². The molecule has 1 amide bonds. The van der Waals surface area contributed by atoms with Crippen molar-refractivity contribution in [3.63, 3.8) is 0 Å². The summed E-state index contributed by atoms with van der Waals surface area (Å²) in [5.41, 5.74) is 3.60. The quantitative estimate of drug-likeness (QED) is 0.417. The van der Waals surface area contributed by atoms with Crippen LogP contribution in [-0.4, -0.2) is 17.0 Å². The number of rotatable bonds is 5. The van der Waals surface area contributed by atoms with Crippen LogP contribution in [0.25, 0.3) is 11.3 Å². The number of carbonyl (C=O) groups is 1. The van der Waals surface area contributed by atoms with Crippen LogP contribution in [0.15, 0.2) is 64.1 Å². The van der Waals surface area contributed by atoms with Crippen LogP contribution in [0, 0.1) is 22.9 Å². The van der Waals surface area contributed by atoms with Crippen LogP contribution in [0.4, 0.5) is 10.1 Å². The lowest BCUT2D eigenvalue weighted by Crippen LogP contribution is -2.17. The van der Waals surface area contributed by atoms with Gasteiger partial charge in [0, 0.05) is 11.6 Å². The maximum absolute atomic E-state index is 12.9. The van der Waals surface area contributed by atoms with Gasteiger partial charge < -0.3 is 4.42 Å². The predicted molar refractivity (Wildman–Crippen MR) is 97.0 cm³/mol. The van der Waals surface area contributed by atoms with Gasteiger partial charge in [0.15, 0.2) is 0 Å². The van der Waals surface area contributed by atoms with Crippen molar-refractivity contribution in [3.05, 3.63) is 87.4 Å². The maximum Gasteiger partial charge on any atom is 0.280 e. The van der Waals surface area contributed by atoms with E-state index in [1.54, 1.807) is 31.2 Å². The van der Waals surface area contributed by atoms with Crippen molar-refractivity contribution >= 4 is 17.8 Å². The van der Waals surface area contributed by atoms with Crippen molar-refractivity contribution in [1.29, 1.82) is 0 Å². The van der Waals surface area contributed by atoms with Crippen molar-refractivity contribution in [1.82, 2.24) is 5.43 Å². The summed E-state index contributed by atoms with van der Waals surface area (Å²) in [7, 11) is 0. The summed E-state index contributed by atoms with van der Waals surface area (Å²) in [6, 6.07) is 13.0. The summed E-state index contributed by atoms with van der Waals surface area (Å²) in [5.74, 6) is -0.331. The molecule has 0 saturated carbocycles. The van der Waals surface area contributed by atoms with Gasteiger partial charge >= 0.3 is 0 Å². The Morgan fingerprint density at radius 3 is 2.63 bits per heavy atom. The molecule has 0 saturated heterocycles. The molecule has 3 rings (SSSR count). The zero-order chi connectivity index (χ0) is 19.4. The van der Waals surface area contributed by atoms with E-state index in [2.05, 4.69) is 10.5 Å². The molecule has 0 aliphatic carbocycles. The van der Waals surface area contributed by atoms with Crippen LogP contribution in [0.1, 0.15) is 21.7 Å². The van der Waals surface area contributed by atoms with Crippen molar-refractivity contribution in [2.45, 2.75) is 6.92 Å². The lowest BCUT2D eigenvalue weighted by molar-refractivity contribution is -0.384. The average molecular weight is 367 g/mol. The van der Waals surface area contributed by atoms with E-state index in [0.717, 1.165) is 5.56 Å². The largest absolute Gasteiger partial charge is 0.455 e. The van der Waals surface area contributed by atoms with Gasteiger partial charge in [0.25, 0.3) is 11.6 Å². The number of amides is 1. The summed E-state index contributed by atoms with van der Waals surface area (Å²) in [6.07, 6.45) is 1.27. The monoisotopic (exact) mass is 367 g/mol. The Kier molecular flexibility index (Phi) is 5.07. The van der Waals surface area contributed by atoms with Gasteiger partial charge in [-0.15, -0.1) is 0 Å². The van der Waals surface area contributed by atoms with Gasteiger partial charge in [-0.3, -0.25) is 14.9 Å². The number of benzene rings is 2. The molecule has 0 aliphatic rings. The molecule has 0 aliphatic heterocycles. The predicted octanol–water partition coefficient (Wildman–Crippen LogP) is 4.07. The fraction of sp³-hybridized carbons (Fsp3) is 0.0526. The molecule has 0 atom stereocenters. The second-order valence-electron chi connectivity index (χ2n) is 5.69. The number of nitro groups is 1. The first-order valence-corrected chi connectivity index (χ1v) is 7.88. The Hall–Kier alpha value is -3.81. The van der Waals surface area contributed by atoms with Gasteiger partial charge in [-0.25, -0.2) is 9.82 Å². The molecular formula is C19H14FN3O4. The Morgan fingerprint density at radius 1 is 1.19 bits per heavy atom. The molecule has 1 aromatic heterocycles. The molecule has 0 spiro atoms. The maximum atomic E-state index is 12.9. The molecule has 3 aromatic rings. The number of hydrogen-bond acceptors (Lipinski definition) is 5. The molecule has 1 heterocycles. The zero-order valence-corrected chi connectivity index (χ0v) is 14.2. The van der Waals surface area contributed by atoms with E-state index < -0.39 is 16.6 Å². The zero-order valence-electron chi connectivity index (χ0n) is 14.2. The number of carbonyl (C=O) groups excluding carboxylic acids is 1. The molecule has 2 aromatic carbocycles. The van der Waals surface area contributed by atoms with E-state index in [1.807, 2.05) is 0 Å². The van der Waals surface area contributed by atoms with E-state index in [9.17, 15) is 19.3 Å². The van der Waals surface area contributed by atoms with Crippen LogP contribution in [-0.2, 0) is 0 Å². The molecule has 0 radical (unpaired) electrons. The SMILES string of the molecule is Cc1ccc(-c2ccc(/C=N\NC(=O)c3ccc(F)cc3)o2)c([N+](=O)[O-])c1. The number of nitro benzene ring substituents is 1. The number of hydrogen-bond donors (Lipinski definition) is 1. The van der Waals surface area contributed by atoms with Gasteiger partial charge in [0.2, 0.25) is 0 Å². The van der Waals surface area contributed by atoms with Crippen molar-refractivity contribution in [3.8, 4) is 11.3 Å². The highest BCUT2D eigenvalue weighted by Crippen LogP contribution is 2.31.